The Hall–Kier alpha value is -2.24. The molecule has 0 atom stereocenters. The first-order chi connectivity index (χ1) is 10.1. The molecule has 0 saturated carbocycles. The SMILES string of the molecule is COc1cc(-c2nncn2CC(C)C)cc(OC)c1OC. The molecule has 0 aliphatic heterocycles. The molecule has 6 nitrogen and oxygen atoms in total. The van der Waals surface area contributed by atoms with Crippen LogP contribution in [0.15, 0.2) is 18.5 Å². The van der Waals surface area contributed by atoms with Crippen molar-refractivity contribution in [3.05, 3.63) is 18.5 Å². The van der Waals surface area contributed by atoms with E-state index >= 15 is 0 Å². The summed E-state index contributed by atoms with van der Waals surface area (Å²) in [5.74, 6) is 3.06. The van der Waals surface area contributed by atoms with E-state index in [1.165, 1.54) is 0 Å². The first kappa shape index (κ1) is 15.2. The summed E-state index contributed by atoms with van der Waals surface area (Å²) >= 11 is 0. The number of benzene rings is 1. The summed E-state index contributed by atoms with van der Waals surface area (Å²) in [4.78, 5) is 0. The van der Waals surface area contributed by atoms with Crippen LogP contribution in [0.1, 0.15) is 13.8 Å². The van der Waals surface area contributed by atoms with Crippen molar-refractivity contribution in [1.29, 1.82) is 0 Å². The van der Waals surface area contributed by atoms with Gasteiger partial charge in [-0.1, -0.05) is 13.8 Å². The van der Waals surface area contributed by atoms with Crippen LogP contribution in [0, 0.1) is 5.92 Å². The van der Waals surface area contributed by atoms with Gasteiger partial charge in [-0.25, -0.2) is 0 Å². The van der Waals surface area contributed by atoms with Gasteiger partial charge in [-0.05, 0) is 18.1 Å². The molecule has 2 rings (SSSR count). The number of ether oxygens (including phenoxy) is 3. The van der Waals surface area contributed by atoms with Crippen LogP contribution in [0.4, 0.5) is 0 Å². The Morgan fingerprint density at radius 1 is 1.05 bits per heavy atom. The molecular weight excluding hydrogens is 270 g/mol. The fourth-order valence-corrected chi connectivity index (χ4v) is 2.22. The van der Waals surface area contributed by atoms with E-state index in [9.17, 15) is 0 Å². The zero-order valence-corrected chi connectivity index (χ0v) is 13.1. The molecule has 0 fully saturated rings. The zero-order chi connectivity index (χ0) is 15.4. The summed E-state index contributed by atoms with van der Waals surface area (Å²) in [6.45, 7) is 5.15. The van der Waals surface area contributed by atoms with Crippen molar-refractivity contribution in [3.8, 4) is 28.6 Å². The molecule has 1 aromatic heterocycles. The second kappa shape index (κ2) is 6.47. The quantitative estimate of drug-likeness (QED) is 0.819. The summed E-state index contributed by atoms with van der Waals surface area (Å²) < 4.78 is 18.1. The minimum Gasteiger partial charge on any atom is -0.493 e. The van der Waals surface area contributed by atoms with Gasteiger partial charge >= 0.3 is 0 Å². The minimum atomic E-state index is 0.502. The molecule has 0 amide bonds. The second-order valence-corrected chi connectivity index (χ2v) is 5.11. The molecule has 6 heteroatoms. The molecular formula is C15H21N3O3. The first-order valence-corrected chi connectivity index (χ1v) is 6.78. The van der Waals surface area contributed by atoms with Crippen molar-refractivity contribution in [1.82, 2.24) is 14.8 Å². The number of methoxy groups -OCH3 is 3. The fraction of sp³-hybridized carbons (Fsp3) is 0.467. The van der Waals surface area contributed by atoms with Gasteiger partial charge in [0.15, 0.2) is 17.3 Å². The van der Waals surface area contributed by atoms with E-state index < -0.39 is 0 Å². The van der Waals surface area contributed by atoms with Crippen molar-refractivity contribution in [2.24, 2.45) is 5.92 Å². The second-order valence-electron chi connectivity index (χ2n) is 5.11. The highest BCUT2D eigenvalue weighted by atomic mass is 16.5. The molecule has 0 saturated heterocycles. The molecule has 0 unspecified atom stereocenters. The molecule has 0 aliphatic rings. The van der Waals surface area contributed by atoms with E-state index in [0.717, 1.165) is 17.9 Å². The van der Waals surface area contributed by atoms with Gasteiger partial charge in [0.1, 0.15) is 6.33 Å². The van der Waals surface area contributed by atoms with Gasteiger partial charge in [0, 0.05) is 12.1 Å². The van der Waals surface area contributed by atoms with Crippen LogP contribution in [0.2, 0.25) is 0 Å². The van der Waals surface area contributed by atoms with Crippen LogP contribution in [0.5, 0.6) is 17.2 Å². The zero-order valence-electron chi connectivity index (χ0n) is 13.1. The third-order valence-corrected chi connectivity index (χ3v) is 3.10. The maximum Gasteiger partial charge on any atom is 0.203 e. The van der Waals surface area contributed by atoms with Crippen molar-refractivity contribution in [3.63, 3.8) is 0 Å². The van der Waals surface area contributed by atoms with Crippen LogP contribution in [0.25, 0.3) is 11.4 Å². The van der Waals surface area contributed by atoms with Crippen molar-refractivity contribution in [2.45, 2.75) is 20.4 Å². The Bertz CT molecular complexity index is 583. The van der Waals surface area contributed by atoms with Gasteiger partial charge in [-0.2, -0.15) is 0 Å². The molecule has 1 heterocycles. The van der Waals surface area contributed by atoms with E-state index in [1.54, 1.807) is 27.7 Å². The number of rotatable bonds is 6. The monoisotopic (exact) mass is 291 g/mol. The van der Waals surface area contributed by atoms with E-state index in [4.69, 9.17) is 14.2 Å². The van der Waals surface area contributed by atoms with Gasteiger partial charge in [-0.15, -0.1) is 10.2 Å². The number of hydrogen-bond donors (Lipinski definition) is 0. The molecule has 21 heavy (non-hydrogen) atoms. The van der Waals surface area contributed by atoms with Crippen molar-refractivity contribution < 1.29 is 14.2 Å². The van der Waals surface area contributed by atoms with E-state index in [2.05, 4.69) is 24.0 Å². The fourth-order valence-electron chi connectivity index (χ4n) is 2.22. The predicted octanol–water partition coefficient (Wildman–Crippen LogP) is 2.63. The average Bonchev–Trinajstić information content (AvgIpc) is 2.92. The Morgan fingerprint density at radius 2 is 1.67 bits per heavy atom. The van der Waals surface area contributed by atoms with Gasteiger partial charge in [0.05, 0.1) is 21.3 Å². The maximum atomic E-state index is 5.38. The van der Waals surface area contributed by atoms with Crippen LogP contribution >= 0.6 is 0 Å². The summed E-state index contributed by atoms with van der Waals surface area (Å²) in [6.07, 6.45) is 1.73. The maximum absolute atomic E-state index is 5.38. The minimum absolute atomic E-state index is 0.502. The van der Waals surface area contributed by atoms with Crippen LogP contribution in [0.3, 0.4) is 0 Å². The highest BCUT2D eigenvalue weighted by molar-refractivity contribution is 5.66. The molecule has 1 aromatic carbocycles. The van der Waals surface area contributed by atoms with E-state index in [-0.39, 0.29) is 0 Å². The molecule has 114 valence electrons. The topological polar surface area (TPSA) is 58.4 Å². The number of aromatic nitrogens is 3. The average molecular weight is 291 g/mol. The third-order valence-electron chi connectivity index (χ3n) is 3.10. The number of hydrogen-bond acceptors (Lipinski definition) is 5. The first-order valence-electron chi connectivity index (χ1n) is 6.78. The number of nitrogens with zero attached hydrogens (tertiary/aromatic N) is 3. The normalized spacial score (nSPS) is 10.8. The molecule has 0 N–H and O–H groups in total. The lowest BCUT2D eigenvalue weighted by Crippen LogP contribution is -2.05. The Balaban J connectivity index is 2.52. The Labute approximate surface area is 124 Å². The Morgan fingerprint density at radius 3 is 2.14 bits per heavy atom. The summed E-state index contributed by atoms with van der Waals surface area (Å²) in [6, 6.07) is 3.75. The molecule has 0 radical (unpaired) electrons. The summed E-state index contributed by atoms with van der Waals surface area (Å²) in [5.41, 5.74) is 0.877. The highest BCUT2D eigenvalue weighted by Gasteiger charge is 2.17. The van der Waals surface area contributed by atoms with E-state index in [0.29, 0.717) is 23.2 Å². The van der Waals surface area contributed by atoms with Crippen molar-refractivity contribution >= 4 is 0 Å². The third kappa shape index (κ3) is 3.09. The van der Waals surface area contributed by atoms with Gasteiger partial charge in [-0.3, -0.25) is 0 Å². The van der Waals surface area contributed by atoms with Crippen LogP contribution in [-0.4, -0.2) is 36.1 Å². The highest BCUT2D eigenvalue weighted by Crippen LogP contribution is 2.40. The summed E-state index contributed by atoms with van der Waals surface area (Å²) in [7, 11) is 4.78. The molecule has 2 aromatic rings. The largest absolute Gasteiger partial charge is 0.493 e. The lowest BCUT2D eigenvalue weighted by Gasteiger charge is -2.15. The van der Waals surface area contributed by atoms with Crippen molar-refractivity contribution in [2.75, 3.05) is 21.3 Å². The van der Waals surface area contributed by atoms with Crippen LogP contribution < -0.4 is 14.2 Å². The molecule has 0 bridgehead atoms. The standard InChI is InChI=1S/C15H21N3O3/c1-10(2)8-18-9-16-17-15(18)11-6-12(19-3)14(21-5)13(7-11)20-4/h6-7,9-10H,8H2,1-5H3. The summed E-state index contributed by atoms with van der Waals surface area (Å²) in [5, 5.41) is 8.21. The van der Waals surface area contributed by atoms with Gasteiger partial charge < -0.3 is 18.8 Å². The van der Waals surface area contributed by atoms with Crippen LogP contribution in [-0.2, 0) is 6.54 Å². The molecule has 0 spiro atoms. The predicted molar refractivity (Wildman–Crippen MR) is 80.0 cm³/mol. The lowest BCUT2D eigenvalue weighted by atomic mass is 10.1. The van der Waals surface area contributed by atoms with Gasteiger partial charge in [0.25, 0.3) is 0 Å². The smallest absolute Gasteiger partial charge is 0.203 e. The van der Waals surface area contributed by atoms with Gasteiger partial charge in [0.2, 0.25) is 5.75 Å². The Kier molecular flexibility index (Phi) is 4.67. The van der Waals surface area contributed by atoms with E-state index in [1.807, 2.05) is 16.7 Å². The molecule has 0 aliphatic carbocycles. The lowest BCUT2D eigenvalue weighted by molar-refractivity contribution is 0.324.